The number of furan rings is 1. The van der Waals surface area contributed by atoms with Crippen LogP contribution >= 0.6 is 0 Å². The van der Waals surface area contributed by atoms with Crippen LogP contribution in [0.2, 0.25) is 0 Å². The van der Waals surface area contributed by atoms with E-state index in [0.29, 0.717) is 24.4 Å². The fourth-order valence-electron chi connectivity index (χ4n) is 2.66. The van der Waals surface area contributed by atoms with Crippen LogP contribution in [-0.4, -0.2) is 29.8 Å². The van der Waals surface area contributed by atoms with Crippen LogP contribution in [-0.2, 0) is 4.79 Å². The van der Waals surface area contributed by atoms with E-state index >= 15 is 0 Å². The first kappa shape index (κ1) is 13.6. The maximum absolute atomic E-state index is 12.5. The van der Waals surface area contributed by atoms with Gasteiger partial charge in [-0.1, -0.05) is 0 Å². The van der Waals surface area contributed by atoms with Crippen molar-refractivity contribution in [3.8, 4) is 0 Å². The van der Waals surface area contributed by atoms with Gasteiger partial charge < -0.3 is 15.1 Å². The molecule has 0 spiro atoms. The van der Waals surface area contributed by atoms with E-state index in [1.807, 2.05) is 13.8 Å². The molecule has 5 heteroatoms. The highest BCUT2D eigenvalue weighted by Crippen LogP contribution is 2.25. The second-order valence-electron chi connectivity index (χ2n) is 5.21. The number of nitrogens with two attached hydrogens (primary N) is 1. The molecule has 1 aliphatic rings. The summed E-state index contributed by atoms with van der Waals surface area (Å²) in [7, 11) is 0. The van der Waals surface area contributed by atoms with Crippen molar-refractivity contribution >= 4 is 11.8 Å². The van der Waals surface area contributed by atoms with Gasteiger partial charge in [0, 0.05) is 18.7 Å². The molecule has 1 aromatic rings. The lowest BCUT2D eigenvalue weighted by Gasteiger charge is -2.31. The normalized spacial score (nSPS) is 19.5. The molecule has 2 heterocycles. The summed E-state index contributed by atoms with van der Waals surface area (Å²) in [6.45, 7) is 6.61. The predicted octanol–water partition coefficient (Wildman–Crippen LogP) is 1.54. The summed E-state index contributed by atoms with van der Waals surface area (Å²) >= 11 is 0. The van der Waals surface area contributed by atoms with E-state index in [-0.39, 0.29) is 17.7 Å². The molecule has 1 aromatic heterocycles. The predicted molar refractivity (Wildman–Crippen MR) is 70.7 cm³/mol. The van der Waals surface area contributed by atoms with Crippen LogP contribution in [0, 0.1) is 26.7 Å². The molecule has 1 aliphatic heterocycles. The topological polar surface area (TPSA) is 76.5 Å². The molecule has 5 nitrogen and oxygen atoms in total. The van der Waals surface area contributed by atoms with Crippen LogP contribution in [0.3, 0.4) is 0 Å². The Morgan fingerprint density at radius 1 is 1.26 bits per heavy atom. The summed E-state index contributed by atoms with van der Waals surface area (Å²) in [5, 5.41) is 0. The van der Waals surface area contributed by atoms with Crippen molar-refractivity contribution in [3.05, 3.63) is 22.6 Å². The monoisotopic (exact) mass is 264 g/mol. The summed E-state index contributed by atoms with van der Waals surface area (Å²) in [5.41, 5.74) is 6.84. The maximum Gasteiger partial charge on any atom is 0.257 e. The minimum atomic E-state index is -0.325. The number of carbonyl (C=O) groups excluding carboxylic acids is 2. The van der Waals surface area contributed by atoms with Crippen LogP contribution in [0.1, 0.15) is 40.3 Å². The molecular formula is C14H20N2O3. The quantitative estimate of drug-likeness (QED) is 0.880. The van der Waals surface area contributed by atoms with Gasteiger partial charge in [-0.25, -0.2) is 0 Å². The van der Waals surface area contributed by atoms with Gasteiger partial charge in [-0.05, 0) is 33.6 Å². The molecule has 19 heavy (non-hydrogen) atoms. The summed E-state index contributed by atoms with van der Waals surface area (Å²) in [6, 6.07) is 0. The third-order valence-corrected chi connectivity index (χ3v) is 3.89. The number of piperidine rings is 1. The Kier molecular flexibility index (Phi) is 3.64. The number of hydrogen-bond donors (Lipinski definition) is 1. The number of carbonyl (C=O) groups is 2. The molecule has 0 radical (unpaired) electrons. The number of aryl methyl sites for hydroxylation is 2. The number of rotatable bonds is 2. The molecule has 0 aliphatic carbocycles. The Bertz CT molecular complexity index is 519. The van der Waals surface area contributed by atoms with E-state index in [1.165, 1.54) is 0 Å². The van der Waals surface area contributed by atoms with Crippen LogP contribution in [0.4, 0.5) is 0 Å². The van der Waals surface area contributed by atoms with Gasteiger partial charge in [0.15, 0.2) is 0 Å². The lowest BCUT2D eigenvalue weighted by Crippen LogP contribution is -2.44. The summed E-state index contributed by atoms with van der Waals surface area (Å²) in [4.78, 5) is 25.5. The molecule has 1 atom stereocenters. The Morgan fingerprint density at radius 3 is 2.47 bits per heavy atom. The fraction of sp³-hybridized carbons (Fsp3) is 0.571. The Balaban J connectivity index is 2.22. The number of primary amides is 1. The SMILES string of the molecule is Cc1oc(C)c(C(=O)N2CCCC(C(N)=O)C2)c1C. The van der Waals surface area contributed by atoms with Crippen LogP contribution in [0.15, 0.2) is 4.42 Å². The first-order chi connectivity index (χ1) is 8.91. The molecule has 0 bridgehead atoms. The zero-order valence-corrected chi connectivity index (χ0v) is 11.7. The maximum atomic E-state index is 12.5. The number of amides is 2. The minimum absolute atomic E-state index is 0.0576. The second-order valence-corrected chi connectivity index (χ2v) is 5.21. The van der Waals surface area contributed by atoms with E-state index in [4.69, 9.17) is 10.2 Å². The zero-order valence-electron chi connectivity index (χ0n) is 11.7. The van der Waals surface area contributed by atoms with Crippen LogP contribution < -0.4 is 5.73 Å². The highest BCUT2D eigenvalue weighted by Gasteiger charge is 2.30. The van der Waals surface area contributed by atoms with Gasteiger partial charge in [-0.2, -0.15) is 0 Å². The molecule has 104 valence electrons. The van der Waals surface area contributed by atoms with Crippen LogP contribution in [0.25, 0.3) is 0 Å². The molecule has 1 saturated heterocycles. The first-order valence-electron chi connectivity index (χ1n) is 6.57. The van der Waals surface area contributed by atoms with Crippen molar-refractivity contribution in [3.63, 3.8) is 0 Å². The largest absolute Gasteiger partial charge is 0.466 e. The molecule has 2 amide bonds. The van der Waals surface area contributed by atoms with Crippen molar-refractivity contribution in [2.45, 2.75) is 33.6 Å². The molecule has 0 aromatic carbocycles. The summed E-state index contributed by atoms with van der Waals surface area (Å²) in [6.07, 6.45) is 1.58. The molecule has 2 rings (SSSR count). The number of hydrogen-bond acceptors (Lipinski definition) is 3. The zero-order chi connectivity index (χ0) is 14.2. The summed E-state index contributed by atoms with van der Waals surface area (Å²) < 4.78 is 5.49. The Labute approximate surface area is 112 Å². The lowest BCUT2D eigenvalue weighted by atomic mass is 9.96. The van der Waals surface area contributed by atoms with Crippen molar-refractivity contribution in [1.29, 1.82) is 0 Å². The van der Waals surface area contributed by atoms with Gasteiger partial charge >= 0.3 is 0 Å². The summed E-state index contributed by atoms with van der Waals surface area (Å²) in [5.74, 6) is 0.795. The number of likely N-dealkylation sites (tertiary alicyclic amines) is 1. The van der Waals surface area contributed by atoms with Gasteiger partial charge in [0.1, 0.15) is 11.5 Å². The first-order valence-corrected chi connectivity index (χ1v) is 6.57. The van der Waals surface area contributed by atoms with Gasteiger partial charge in [0.25, 0.3) is 5.91 Å². The third kappa shape index (κ3) is 2.50. The highest BCUT2D eigenvalue weighted by atomic mass is 16.3. The lowest BCUT2D eigenvalue weighted by molar-refractivity contribution is -0.123. The highest BCUT2D eigenvalue weighted by molar-refractivity contribution is 5.97. The molecule has 2 N–H and O–H groups in total. The van der Waals surface area contributed by atoms with Crippen molar-refractivity contribution < 1.29 is 14.0 Å². The number of nitrogens with zero attached hydrogens (tertiary/aromatic N) is 1. The van der Waals surface area contributed by atoms with E-state index in [0.717, 1.165) is 24.2 Å². The third-order valence-electron chi connectivity index (χ3n) is 3.89. The van der Waals surface area contributed by atoms with Crippen molar-refractivity contribution in [2.24, 2.45) is 11.7 Å². The van der Waals surface area contributed by atoms with E-state index < -0.39 is 0 Å². The second kappa shape index (κ2) is 5.07. The van der Waals surface area contributed by atoms with Crippen LogP contribution in [0.5, 0.6) is 0 Å². The molecule has 1 fully saturated rings. The van der Waals surface area contributed by atoms with E-state index in [2.05, 4.69) is 0 Å². The molecule has 1 unspecified atom stereocenters. The molecular weight excluding hydrogens is 244 g/mol. The average molecular weight is 264 g/mol. The van der Waals surface area contributed by atoms with Gasteiger partial charge in [-0.3, -0.25) is 9.59 Å². The van der Waals surface area contributed by atoms with Gasteiger partial charge in [0.2, 0.25) is 5.91 Å². The van der Waals surface area contributed by atoms with Crippen molar-refractivity contribution in [2.75, 3.05) is 13.1 Å². The van der Waals surface area contributed by atoms with E-state index in [1.54, 1.807) is 11.8 Å². The fourth-order valence-corrected chi connectivity index (χ4v) is 2.66. The Hall–Kier alpha value is -1.78. The van der Waals surface area contributed by atoms with Gasteiger partial charge in [-0.15, -0.1) is 0 Å². The minimum Gasteiger partial charge on any atom is -0.466 e. The van der Waals surface area contributed by atoms with Gasteiger partial charge in [0.05, 0.1) is 11.5 Å². The van der Waals surface area contributed by atoms with Crippen molar-refractivity contribution in [1.82, 2.24) is 4.90 Å². The Morgan fingerprint density at radius 2 is 1.95 bits per heavy atom. The average Bonchev–Trinajstić information content (AvgIpc) is 2.62. The smallest absolute Gasteiger partial charge is 0.257 e. The van der Waals surface area contributed by atoms with E-state index in [9.17, 15) is 9.59 Å². The standard InChI is InChI=1S/C14H20N2O3/c1-8-9(2)19-10(3)12(8)14(18)16-6-4-5-11(7-16)13(15)17/h11H,4-7H2,1-3H3,(H2,15,17). The molecule has 0 saturated carbocycles.